The Morgan fingerprint density at radius 3 is 2.45 bits per heavy atom. The van der Waals surface area contributed by atoms with Crippen LogP contribution in [0.3, 0.4) is 0 Å². The van der Waals surface area contributed by atoms with Gasteiger partial charge >= 0.3 is 0 Å². The minimum Gasteiger partial charge on any atom is -0.491 e. The van der Waals surface area contributed by atoms with E-state index in [0.29, 0.717) is 11.3 Å². The fraction of sp³-hybridized carbons (Fsp3) is 0.647. The Kier molecular flexibility index (Phi) is 6.20. The van der Waals surface area contributed by atoms with E-state index in [2.05, 4.69) is 0 Å². The summed E-state index contributed by atoms with van der Waals surface area (Å²) in [6, 6.07) is 6.94. The Bertz CT molecular complexity index is 458. The smallest absolute Gasteiger partial charge is 0.119 e. The lowest BCUT2D eigenvalue weighted by Crippen LogP contribution is -2.35. The van der Waals surface area contributed by atoms with Gasteiger partial charge < -0.3 is 25.8 Å². The molecule has 1 aliphatic carbocycles. The van der Waals surface area contributed by atoms with Crippen LogP contribution in [-0.2, 0) is 0 Å². The van der Waals surface area contributed by atoms with Crippen molar-refractivity contribution >= 4 is 0 Å². The Hall–Kier alpha value is -1.14. The maximum Gasteiger partial charge on any atom is 0.119 e. The molecule has 0 spiro atoms. The lowest BCUT2D eigenvalue weighted by molar-refractivity contribution is -0.0175. The van der Waals surface area contributed by atoms with Gasteiger partial charge in [-0.2, -0.15) is 0 Å². The third kappa shape index (κ3) is 4.68. The molecule has 1 aliphatic rings. The topological polar surface area (TPSA) is 95.9 Å². The van der Waals surface area contributed by atoms with Crippen molar-refractivity contribution < 1.29 is 20.1 Å². The van der Waals surface area contributed by atoms with Crippen molar-refractivity contribution in [1.82, 2.24) is 0 Å². The van der Waals surface area contributed by atoms with Gasteiger partial charge in [-0.25, -0.2) is 0 Å². The van der Waals surface area contributed by atoms with E-state index in [0.717, 1.165) is 25.7 Å². The number of hydrogen-bond donors (Lipinski definition) is 4. The summed E-state index contributed by atoms with van der Waals surface area (Å²) in [6.45, 7) is 0.248. The number of hydrogen-bond acceptors (Lipinski definition) is 5. The van der Waals surface area contributed by atoms with Crippen LogP contribution in [0.25, 0.3) is 0 Å². The number of aliphatic hydroxyl groups is 3. The van der Waals surface area contributed by atoms with Crippen molar-refractivity contribution in [2.75, 3.05) is 13.2 Å². The molecule has 2 atom stereocenters. The zero-order valence-corrected chi connectivity index (χ0v) is 12.9. The molecule has 2 rings (SSSR count). The van der Waals surface area contributed by atoms with Crippen LogP contribution in [0.1, 0.15) is 50.2 Å². The Balaban J connectivity index is 1.98. The van der Waals surface area contributed by atoms with Gasteiger partial charge in [-0.05, 0) is 30.5 Å². The highest BCUT2D eigenvalue weighted by molar-refractivity contribution is 5.30. The summed E-state index contributed by atoms with van der Waals surface area (Å²) in [6.07, 6.45) is 3.89. The molecule has 0 radical (unpaired) electrons. The van der Waals surface area contributed by atoms with Crippen LogP contribution in [0, 0.1) is 0 Å². The van der Waals surface area contributed by atoms with E-state index in [1.807, 2.05) is 0 Å². The molecule has 0 aromatic heterocycles. The summed E-state index contributed by atoms with van der Waals surface area (Å²) >= 11 is 0. The third-order valence-electron chi connectivity index (χ3n) is 4.35. The van der Waals surface area contributed by atoms with Crippen LogP contribution in [-0.4, -0.2) is 40.2 Å². The predicted molar refractivity (Wildman–Crippen MR) is 84.6 cm³/mol. The summed E-state index contributed by atoms with van der Waals surface area (Å²) in [7, 11) is 0. The molecule has 5 N–H and O–H groups in total. The van der Waals surface area contributed by atoms with Gasteiger partial charge in [0.05, 0.1) is 11.7 Å². The van der Waals surface area contributed by atoms with Crippen molar-refractivity contribution in [3.8, 4) is 5.75 Å². The molecule has 0 heterocycles. The summed E-state index contributed by atoms with van der Waals surface area (Å²) in [5.74, 6) is 0.582. The van der Waals surface area contributed by atoms with E-state index in [-0.39, 0.29) is 13.2 Å². The summed E-state index contributed by atoms with van der Waals surface area (Å²) in [5.41, 5.74) is 5.16. The Morgan fingerprint density at radius 1 is 1.14 bits per heavy atom. The molecular weight excluding hydrogens is 282 g/mol. The Morgan fingerprint density at radius 2 is 1.82 bits per heavy atom. The van der Waals surface area contributed by atoms with Crippen molar-refractivity contribution in [3.63, 3.8) is 0 Å². The lowest BCUT2D eigenvalue weighted by Gasteiger charge is -2.26. The van der Waals surface area contributed by atoms with Crippen LogP contribution < -0.4 is 10.5 Å². The number of aliphatic hydroxyl groups excluding tert-OH is 2. The quantitative estimate of drug-likeness (QED) is 0.597. The van der Waals surface area contributed by atoms with E-state index < -0.39 is 17.8 Å². The molecule has 0 saturated heterocycles. The highest BCUT2D eigenvalue weighted by atomic mass is 16.5. The number of rotatable bonds is 6. The first kappa shape index (κ1) is 17.2. The van der Waals surface area contributed by atoms with Gasteiger partial charge in [0, 0.05) is 6.54 Å². The largest absolute Gasteiger partial charge is 0.491 e. The highest BCUT2D eigenvalue weighted by Gasteiger charge is 2.29. The normalized spacial score (nSPS) is 20.9. The second-order valence-electron chi connectivity index (χ2n) is 6.25. The van der Waals surface area contributed by atoms with Gasteiger partial charge in [-0.1, -0.05) is 37.8 Å². The lowest BCUT2D eigenvalue weighted by atomic mass is 9.96. The van der Waals surface area contributed by atoms with Gasteiger partial charge in [0.2, 0.25) is 0 Å². The molecule has 0 unspecified atom stereocenters. The molecule has 22 heavy (non-hydrogen) atoms. The molecule has 5 nitrogen and oxygen atoms in total. The maximum atomic E-state index is 10.6. The predicted octanol–water partition coefficient (Wildman–Crippen LogP) is 1.50. The minimum atomic E-state index is -1.03. The molecule has 1 aromatic carbocycles. The van der Waals surface area contributed by atoms with E-state index in [1.165, 1.54) is 12.8 Å². The van der Waals surface area contributed by atoms with E-state index >= 15 is 0 Å². The van der Waals surface area contributed by atoms with Gasteiger partial charge in [-0.15, -0.1) is 0 Å². The van der Waals surface area contributed by atoms with Crippen molar-refractivity contribution in [2.45, 2.75) is 56.3 Å². The minimum absolute atomic E-state index is 0.00793. The van der Waals surface area contributed by atoms with Gasteiger partial charge in [0.1, 0.15) is 18.5 Å². The van der Waals surface area contributed by atoms with Gasteiger partial charge in [-0.3, -0.25) is 0 Å². The molecular formula is C17H27NO4. The van der Waals surface area contributed by atoms with Crippen molar-refractivity contribution in [3.05, 3.63) is 29.8 Å². The molecule has 0 aliphatic heterocycles. The second kappa shape index (κ2) is 7.92. The second-order valence-corrected chi connectivity index (χ2v) is 6.25. The molecule has 5 heteroatoms. The van der Waals surface area contributed by atoms with Crippen molar-refractivity contribution in [1.29, 1.82) is 0 Å². The SMILES string of the molecule is NC[C@@H](O)[C@@H](O)c1cccc(OCC2(O)CCCCCC2)c1. The molecule has 1 fully saturated rings. The van der Waals surface area contributed by atoms with E-state index in [1.54, 1.807) is 24.3 Å². The summed E-state index contributed by atoms with van der Waals surface area (Å²) in [5, 5.41) is 30.2. The number of nitrogens with two attached hydrogens (primary N) is 1. The zero-order valence-electron chi connectivity index (χ0n) is 12.9. The van der Waals surface area contributed by atoms with Gasteiger partial charge in [0.25, 0.3) is 0 Å². The van der Waals surface area contributed by atoms with Gasteiger partial charge in [0.15, 0.2) is 0 Å². The molecule has 1 aromatic rings. The summed E-state index contributed by atoms with van der Waals surface area (Å²) in [4.78, 5) is 0. The van der Waals surface area contributed by atoms with Crippen LogP contribution in [0.15, 0.2) is 24.3 Å². The van der Waals surface area contributed by atoms with Crippen LogP contribution >= 0.6 is 0 Å². The maximum absolute atomic E-state index is 10.6. The number of ether oxygens (including phenoxy) is 1. The average molecular weight is 309 g/mol. The standard InChI is InChI=1S/C17H27NO4/c18-11-15(19)16(20)13-6-5-7-14(10-13)22-12-17(21)8-3-1-2-4-9-17/h5-7,10,15-16,19-21H,1-4,8-9,11-12,18H2/t15-,16+/m1/s1. The van der Waals surface area contributed by atoms with Crippen LogP contribution in [0.5, 0.6) is 5.75 Å². The fourth-order valence-electron chi connectivity index (χ4n) is 2.89. The summed E-state index contributed by atoms with van der Waals surface area (Å²) < 4.78 is 5.73. The first-order valence-corrected chi connectivity index (χ1v) is 8.05. The highest BCUT2D eigenvalue weighted by Crippen LogP contribution is 2.28. The first-order valence-electron chi connectivity index (χ1n) is 8.05. The van der Waals surface area contributed by atoms with E-state index in [9.17, 15) is 15.3 Å². The molecule has 0 bridgehead atoms. The Labute approximate surface area is 131 Å². The third-order valence-corrected chi connectivity index (χ3v) is 4.35. The first-order chi connectivity index (χ1) is 10.5. The van der Waals surface area contributed by atoms with Crippen LogP contribution in [0.2, 0.25) is 0 Å². The number of benzene rings is 1. The zero-order chi connectivity index (χ0) is 16.0. The van der Waals surface area contributed by atoms with Crippen LogP contribution in [0.4, 0.5) is 0 Å². The van der Waals surface area contributed by atoms with Crippen molar-refractivity contribution in [2.24, 2.45) is 5.73 Å². The monoisotopic (exact) mass is 309 g/mol. The molecule has 0 amide bonds. The van der Waals surface area contributed by atoms with E-state index in [4.69, 9.17) is 10.5 Å². The fourth-order valence-corrected chi connectivity index (χ4v) is 2.89. The molecule has 124 valence electrons. The average Bonchev–Trinajstić information content (AvgIpc) is 2.77. The molecule has 1 saturated carbocycles.